The van der Waals surface area contributed by atoms with Crippen LogP contribution in [-0.2, 0) is 6.54 Å². The van der Waals surface area contributed by atoms with Crippen LogP contribution in [0.2, 0.25) is 0 Å². The average Bonchev–Trinajstić information content (AvgIpc) is 2.60. The molecule has 0 heterocycles. The van der Waals surface area contributed by atoms with Gasteiger partial charge in [-0.25, -0.2) is 0 Å². The van der Waals surface area contributed by atoms with E-state index in [9.17, 15) is 0 Å². The Labute approximate surface area is 151 Å². The third kappa shape index (κ3) is 4.33. The molecule has 0 unspecified atom stereocenters. The zero-order valence-corrected chi connectivity index (χ0v) is 15.6. The molecule has 3 aromatic carbocycles. The number of methoxy groups -OCH3 is 1. The van der Waals surface area contributed by atoms with E-state index < -0.39 is 0 Å². The molecule has 0 bridgehead atoms. The molecule has 0 aromatic heterocycles. The minimum absolute atomic E-state index is 0.213. The smallest absolute Gasteiger partial charge is 0.119 e. The highest BCUT2D eigenvalue weighted by molar-refractivity contribution is 5.85. The van der Waals surface area contributed by atoms with Crippen LogP contribution in [0.25, 0.3) is 10.8 Å². The molecular weight excluding hydrogens is 306 g/mol. The molecular formula is C23H27NO. The molecule has 0 amide bonds. The van der Waals surface area contributed by atoms with Crippen LogP contribution >= 0.6 is 0 Å². The van der Waals surface area contributed by atoms with Crippen molar-refractivity contribution in [1.29, 1.82) is 0 Å². The molecule has 0 aliphatic rings. The number of nitrogens with zero attached hydrogens (tertiary/aromatic N) is 1. The fourth-order valence-corrected chi connectivity index (χ4v) is 3.24. The number of benzene rings is 3. The molecule has 2 heteroatoms. The van der Waals surface area contributed by atoms with Gasteiger partial charge in [-0.1, -0.05) is 63.2 Å². The van der Waals surface area contributed by atoms with Crippen molar-refractivity contribution in [1.82, 2.24) is 0 Å². The van der Waals surface area contributed by atoms with Gasteiger partial charge in [0.1, 0.15) is 5.75 Å². The van der Waals surface area contributed by atoms with Gasteiger partial charge < -0.3 is 9.64 Å². The summed E-state index contributed by atoms with van der Waals surface area (Å²) in [4.78, 5) is 2.46. The van der Waals surface area contributed by atoms with Crippen LogP contribution in [0.5, 0.6) is 5.75 Å². The Hall–Kier alpha value is -2.48. The minimum Gasteiger partial charge on any atom is -0.497 e. The number of hydrogen-bond acceptors (Lipinski definition) is 2. The SMILES string of the molecule is COc1ccc(N(Cc2cccc3ccccc23)CC(C)(C)C)cc1. The largest absolute Gasteiger partial charge is 0.497 e. The predicted molar refractivity (Wildman–Crippen MR) is 107 cm³/mol. The van der Waals surface area contributed by atoms with Crippen LogP contribution in [0.4, 0.5) is 5.69 Å². The Morgan fingerprint density at radius 2 is 1.52 bits per heavy atom. The number of anilines is 1. The summed E-state index contributed by atoms with van der Waals surface area (Å²) >= 11 is 0. The van der Waals surface area contributed by atoms with Crippen LogP contribution in [0.3, 0.4) is 0 Å². The zero-order valence-electron chi connectivity index (χ0n) is 15.6. The lowest BCUT2D eigenvalue weighted by Gasteiger charge is -2.32. The Morgan fingerprint density at radius 3 is 2.20 bits per heavy atom. The Morgan fingerprint density at radius 1 is 0.840 bits per heavy atom. The number of hydrogen-bond donors (Lipinski definition) is 0. The molecule has 0 aliphatic heterocycles. The number of fused-ring (bicyclic) bond motifs is 1. The van der Waals surface area contributed by atoms with Crippen molar-refractivity contribution in [2.24, 2.45) is 5.41 Å². The summed E-state index contributed by atoms with van der Waals surface area (Å²) in [7, 11) is 1.71. The van der Waals surface area contributed by atoms with E-state index in [1.165, 1.54) is 22.0 Å². The van der Waals surface area contributed by atoms with Gasteiger partial charge in [0.05, 0.1) is 7.11 Å². The maximum Gasteiger partial charge on any atom is 0.119 e. The maximum atomic E-state index is 5.31. The Bertz CT molecular complexity index is 825. The van der Waals surface area contributed by atoms with Gasteiger partial charge in [0, 0.05) is 18.8 Å². The third-order valence-corrected chi connectivity index (χ3v) is 4.34. The van der Waals surface area contributed by atoms with Crippen molar-refractivity contribution in [2.45, 2.75) is 27.3 Å². The molecule has 0 aliphatic carbocycles. The molecule has 3 rings (SSSR count). The first-order valence-corrected chi connectivity index (χ1v) is 8.82. The lowest BCUT2D eigenvalue weighted by molar-refractivity contribution is 0.407. The van der Waals surface area contributed by atoms with Gasteiger partial charge in [0.25, 0.3) is 0 Å². The number of rotatable bonds is 5. The fourth-order valence-electron chi connectivity index (χ4n) is 3.24. The second-order valence-electron chi connectivity index (χ2n) is 7.75. The van der Waals surface area contributed by atoms with Crippen LogP contribution in [0.15, 0.2) is 66.7 Å². The van der Waals surface area contributed by atoms with Gasteiger partial charge in [0.2, 0.25) is 0 Å². The van der Waals surface area contributed by atoms with E-state index in [1.807, 2.05) is 12.1 Å². The van der Waals surface area contributed by atoms with E-state index in [1.54, 1.807) is 7.11 Å². The summed E-state index contributed by atoms with van der Waals surface area (Å²) in [6.07, 6.45) is 0. The summed E-state index contributed by atoms with van der Waals surface area (Å²) in [5.41, 5.74) is 2.80. The minimum atomic E-state index is 0.213. The third-order valence-electron chi connectivity index (χ3n) is 4.34. The second-order valence-corrected chi connectivity index (χ2v) is 7.75. The molecule has 3 aromatic rings. The monoisotopic (exact) mass is 333 g/mol. The van der Waals surface area contributed by atoms with Gasteiger partial charge >= 0.3 is 0 Å². The normalized spacial score (nSPS) is 11.5. The molecule has 0 spiro atoms. The standard InChI is InChI=1S/C23H27NO/c1-23(2,3)17-24(20-12-14-21(25-4)15-13-20)16-19-10-7-9-18-8-5-6-11-22(18)19/h5-15H,16-17H2,1-4H3. The van der Waals surface area contributed by atoms with Crippen molar-refractivity contribution < 1.29 is 4.74 Å². The van der Waals surface area contributed by atoms with E-state index >= 15 is 0 Å². The molecule has 25 heavy (non-hydrogen) atoms. The second kappa shape index (κ2) is 7.18. The molecule has 0 atom stereocenters. The van der Waals surface area contributed by atoms with Crippen molar-refractivity contribution in [3.8, 4) is 5.75 Å². The van der Waals surface area contributed by atoms with Gasteiger partial charge in [-0.05, 0) is 46.0 Å². The van der Waals surface area contributed by atoms with Crippen LogP contribution < -0.4 is 9.64 Å². The summed E-state index contributed by atoms with van der Waals surface area (Å²) in [5, 5.41) is 2.63. The number of ether oxygens (including phenoxy) is 1. The van der Waals surface area contributed by atoms with Crippen LogP contribution in [-0.4, -0.2) is 13.7 Å². The first kappa shape index (κ1) is 17.3. The lowest BCUT2D eigenvalue weighted by Crippen LogP contribution is -2.32. The van der Waals surface area contributed by atoms with Crippen molar-refractivity contribution in [3.63, 3.8) is 0 Å². The van der Waals surface area contributed by atoms with E-state index in [0.717, 1.165) is 18.8 Å². The highest BCUT2D eigenvalue weighted by Crippen LogP contribution is 2.28. The molecule has 0 radical (unpaired) electrons. The topological polar surface area (TPSA) is 12.5 Å². The summed E-state index contributed by atoms with van der Waals surface area (Å²) in [6, 6.07) is 23.6. The molecule has 2 nitrogen and oxygen atoms in total. The first-order valence-electron chi connectivity index (χ1n) is 8.82. The first-order chi connectivity index (χ1) is 12.0. The van der Waals surface area contributed by atoms with E-state index in [0.29, 0.717) is 0 Å². The van der Waals surface area contributed by atoms with Gasteiger partial charge in [0.15, 0.2) is 0 Å². The summed E-state index contributed by atoms with van der Waals surface area (Å²) in [6.45, 7) is 8.74. The van der Waals surface area contributed by atoms with Crippen molar-refractivity contribution in [3.05, 3.63) is 72.3 Å². The molecule has 0 N–H and O–H groups in total. The highest BCUT2D eigenvalue weighted by Gasteiger charge is 2.18. The van der Waals surface area contributed by atoms with E-state index in [-0.39, 0.29) is 5.41 Å². The molecule has 0 fully saturated rings. The van der Waals surface area contributed by atoms with Crippen molar-refractivity contribution >= 4 is 16.5 Å². The van der Waals surface area contributed by atoms with E-state index in [2.05, 4.69) is 80.3 Å². The van der Waals surface area contributed by atoms with Crippen molar-refractivity contribution in [2.75, 3.05) is 18.6 Å². The van der Waals surface area contributed by atoms with Crippen LogP contribution in [0.1, 0.15) is 26.3 Å². The zero-order chi connectivity index (χ0) is 17.9. The molecule has 0 saturated carbocycles. The summed E-state index contributed by atoms with van der Waals surface area (Å²) < 4.78 is 5.31. The fraction of sp³-hybridized carbons (Fsp3) is 0.304. The molecule has 130 valence electrons. The highest BCUT2D eigenvalue weighted by atomic mass is 16.5. The quantitative estimate of drug-likeness (QED) is 0.576. The van der Waals surface area contributed by atoms with Gasteiger partial charge in [-0.2, -0.15) is 0 Å². The van der Waals surface area contributed by atoms with E-state index in [4.69, 9.17) is 4.74 Å². The average molecular weight is 333 g/mol. The Kier molecular flexibility index (Phi) is 4.98. The lowest BCUT2D eigenvalue weighted by atomic mass is 9.95. The predicted octanol–water partition coefficient (Wildman–Crippen LogP) is 5.90. The van der Waals surface area contributed by atoms with Gasteiger partial charge in [-0.15, -0.1) is 0 Å². The Balaban J connectivity index is 1.96. The maximum absolute atomic E-state index is 5.31. The van der Waals surface area contributed by atoms with Crippen LogP contribution in [0, 0.1) is 5.41 Å². The van der Waals surface area contributed by atoms with Gasteiger partial charge in [-0.3, -0.25) is 0 Å². The molecule has 0 saturated heterocycles. The summed E-state index contributed by atoms with van der Waals surface area (Å²) in [5.74, 6) is 0.893.